The van der Waals surface area contributed by atoms with Gasteiger partial charge < -0.3 is 26.2 Å². The SMILES string of the molecule is NC(=O)C(O)C(O)c1ccc(N2CCNCC2)cc1. The third-order valence-electron chi connectivity index (χ3n) is 3.31. The van der Waals surface area contributed by atoms with Crippen molar-refractivity contribution in [1.82, 2.24) is 5.32 Å². The number of hydrogen-bond donors (Lipinski definition) is 4. The van der Waals surface area contributed by atoms with Crippen molar-refractivity contribution >= 4 is 11.6 Å². The molecule has 1 saturated heterocycles. The van der Waals surface area contributed by atoms with Crippen LogP contribution < -0.4 is 16.0 Å². The molecule has 2 atom stereocenters. The fourth-order valence-corrected chi connectivity index (χ4v) is 2.14. The van der Waals surface area contributed by atoms with Gasteiger partial charge in [-0.25, -0.2) is 0 Å². The fourth-order valence-electron chi connectivity index (χ4n) is 2.14. The molecule has 2 rings (SSSR count). The summed E-state index contributed by atoms with van der Waals surface area (Å²) in [6.07, 6.45) is -2.86. The number of rotatable bonds is 4. The summed E-state index contributed by atoms with van der Waals surface area (Å²) < 4.78 is 0. The minimum Gasteiger partial charge on any atom is -0.385 e. The Morgan fingerprint density at radius 3 is 2.32 bits per heavy atom. The van der Waals surface area contributed by atoms with Crippen LogP contribution in [0.3, 0.4) is 0 Å². The Morgan fingerprint density at radius 2 is 1.79 bits per heavy atom. The van der Waals surface area contributed by atoms with Gasteiger partial charge in [0.15, 0.2) is 6.10 Å². The van der Waals surface area contributed by atoms with E-state index >= 15 is 0 Å². The van der Waals surface area contributed by atoms with Crippen molar-refractivity contribution in [1.29, 1.82) is 0 Å². The van der Waals surface area contributed by atoms with Gasteiger partial charge in [0.1, 0.15) is 6.10 Å². The Kier molecular flexibility index (Phi) is 4.36. The van der Waals surface area contributed by atoms with Crippen LogP contribution in [0.2, 0.25) is 0 Å². The first-order chi connectivity index (χ1) is 9.09. The molecule has 19 heavy (non-hydrogen) atoms. The highest BCUT2D eigenvalue weighted by atomic mass is 16.3. The number of benzene rings is 1. The van der Waals surface area contributed by atoms with Gasteiger partial charge in [0.05, 0.1) is 0 Å². The maximum Gasteiger partial charge on any atom is 0.249 e. The highest BCUT2D eigenvalue weighted by Crippen LogP contribution is 2.21. The summed E-state index contributed by atoms with van der Waals surface area (Å²) in [6, 6.07) is 7.15. The van der Waals surface area contributed by atoms with E-state index < -0.39 is 18.1 Å². The summed E-state index contributed by atoms with van der Waals surface area (Å²) in [5.74, 6) is -0.932. The monoisotopic (exact) mass is 265 g/mol. The van der Waals surface area contributed by atoms with Crippen molar-refractivity contribution in [3.05, 3.63) is 29.8 Å². The molecule has 0 spiro atoms. The highest BCUT2D eigenvalue weighted by molar-refractivity contribution is 5.79. The third kappa shape index (κ3) is 3.23. The standard InChI is InChI=1S/C13H19N3O3/c14-13(19)12(18)11(17)9-1-3-10(4-2-9)16-7-5-15-6-8-16/h1-4,11-12,15,17-18H,5-8H2,(H2,14,19). The van der Waals surface area contributed by atoms with Crippen LogP contribution in [0.15, 0.2) is 24.3 Å². The summed E-state index contributed by atoms with van der Waals surface area (Å²) in [5, 5.41) is 22.5. The number of carbonyl (C=O) groups is 1. The number of aliphatic hydroxyl groups is 2. The zero-order chi connectivity index (χ0) is 13.8. The topological polar surface area (TPSA) is 98.8 Å². The van der Waals surface area contributed by atoms with Gasteiger partial charge in [0.2, 0.25) is 5.91 Å². The molecule has 104 valence electrons. The lowest BCUT2D eigenvalue weighted by molar-refractivity contribution is -0.131. The van der Waals surface area contributed by atoms with Crippen molar-refractivity contribution in [3.8, 4) is 0 Å². The predicted octanol–water partition coefficient (Wildman–Crippen LogP) is -1.02. The van der Waals surface area contributed by atoms with Crippen LogP contribution in [-0.2, 0) is 4.79 Å². The summed E-state index contributed by atoms with van der Waals surface area (Å²) >= 11 is 0. The van der Waals surface area contributed by atoms with Crippen molar-refractivity contribution < 1.29 is 15.0 Å². The van der Waals surface area contributed by atoms with Crippen LogP contribution in [0, 0.1) is 0 Å². The second-order valence-electron chi connectivity index (χ2n) is 4.62. The second kappa shape index (κ2) is 6.01. The number of aliphatic hydroxyl groups excluding tert-OH is 2. The van der Waals surface area contributed by atoms with Crippen LogP contribution >= 0.6 is 0 Å². The summed E-state index contributed by atoms with van der Waals surface area (Å²) in [7, 11) is 0. The summed E-state index contributed by atoms with van der Waals surface area (Å²) in [6.45, 7) is 3.77. The van der Waals surface area contributed by atoms with E-state index in [1.165, 1.54) is 0 Å². The molecule has 1 heterocycles. The average molecular weight is 265 g/mol. The number of piperazine rings is 1. The Morgan fingerprint density at radius 1 is 1.21 bits per heavy atom. The number of anilines is 1. The summed E-state index contributed by atoms with van der Waals surface area (Å²) in [4.78, 5) is 13.1. The first-order valence-electron chi connectivity index (χ1n) is 6.30. The highest BCUT2D eigenvalue weighted by Gasteiger charge is 2.23. The molecular formula is C13H19N3O3. The number of primary amides is 1. The first kappa shape index (κ1) is 13.8. The minimum absolute atomic E-state index is 0.477. The molecule has 6 heteroatoms. The molecule has 0 saturated carbocycles. The molecule has 1 aromatic carbocycles. The molecule has 0 bridgehead atoms. The molecule has 5 N–H and O–H groups in total. The van der Waals surface area contributed by atoms with Crippen LogP contribution in [0.4, 0.5) is 5.69 Å². The van der Waals surface area contributed by atoms with E-state index in [2.05, 4.69) is 10.2 Å². The second-order valence-corrected chi connectivity index (χ2v) is 4.62. The van der Waals surface area contributed by atoms with E-state index in [9.17, 15) is 15.0 Å². The number of nitrogens with two attached hydrogens (primary N) is 1. The normalized spacial score (nSPS) is 18.9. The zero-order valence-electron chi connectivity index (χ0n) is 10.6. The molecule has 0 aliphatic carbocycles. The van der Waals surface area contributed by atoms with E-state index in [1.54, 1.807) is 12.1 Å². The first-order valence-corrected chi connectivity index (χ1v) is 6.30. The van der Waals surface area contributed by atoms with Crippen LogP contribution in [-0.4, -0.2) is 48.4 Å². The molecule has 2 unspecified atom stereocenters. The smallest absolute Gasteiger partial charge is 0.249 e. The van der Waals surface area contributed by atoms with Crippen molar-refractivity contribution in [3.63, 3.8) is 0 Å². The van der Waals surface area contributed by atoms with Crippen LogP contribution in [0.5, 0.6) is 0 Å². The number of hydrogen-bond acceptors (Lipinski definition) is 5. The van der Waals surface area contributed by atoms with Crippen molar-refractivity contribution in [2.75, 3.05) is 31.1 Å². The van der Waals surface area contributed by atoms with Crippen molar-refractivity contribution in [2.45, 2.75) is 12.2 Å². The lowest BCUT2D eigenvalue weighted by Crippen LogP contribution is -2.43. The molecule has 1 amide bonds. The number of carbonyl (C=O) groups excluding carboxylic acids is 1. The average Bonchev–Trinajstić information content (AvgIpc) is 2.46. The predicted molar refractivity (Wildman–Crippen MR) is 71.7 cm³/mol. The third-order valence-corrected chi connectivity index (χ3v) is 3.31. The van der Waals surface area contributed by atoms with Gasteiger partial charge in [-0.05, 0) is 17.7 Å². The van der Waals surface area contributed by atoms with E-state index in [0.717, 1.165) is 31.9 Å². The van der Waals surface area contributed by atoms with Crippen LogP contribution in [0.25, 0.3) is 0 Å². The van der Waals surface area contributed by atoms with Crippen molar-refractivity contribution in [2.24, 2.45) is 5.73 Å². The van der Waals surface area contributed by atoms with Gasteiger partial charge in [0.25, 0.3) is 0 Å². The Bertz CT molecular complexity index is 429. The van der Waals surface area contributed by atoms with Gasteiger partial charge in [-0.15, -0.1) is 0 Å². The molecule has 1 aromatic rings. The maximum absolute atomic E-state index is 10.8. The Hall–Kier alpha value is -1.63. The van der Waals surface area contributed by atoms with Gasteiger partial charge >= 0.3 is 0 Å². The lowest BCUT2D eigenvalue weighted by Gasteiger charge is -2.29. The van der Waals surface area contributed by atoms with E-state index in [-0.39, 0.29) is 0 Å². The Labute approximate surface area is 111 Å². The van der Waals surface area contributed by atoms with Gasteiger partial charge in [-0.1, -0.05) is 12.1 Å². The van der Waals surface area contributed by atoms with E-state index in [0.29, 0.717) is 5.56 Å². The lowest BCUT2D eigenvalue weighted by atomic mass is 10.0. The number of nitrogens with one attached hydrogen (secondary N) is 1. The summed E-state index contributed by atoms with van der Waals surface area (Å²) in [5.41, 5.74) is 6.50. The van der Waals surface area contributed by atoms with E-state index in [1.807, 2.05) is 12.1 Å². The van der Waals surface area contributed by atoms with Gasteiger partial charge in [0, 0.05) is 31.9 Å². The quantitative estimate of drug-likeness (QED) is 0.558. The molecular weight excluding hydrogens is 246 g/mol. The van der Waals surface area contributed by atoms with Crippen LogP contribution in [0.1, 0.15) is 11.7 Å². The largest absolute Gasteiger partial charge is 0.385 e. The minimum atomic E-state index is -1.58. The van der Waals surface area contributed by atoms with Gasteiger partial charge in [-0.2, -0.15) is 0 Å². The molecule has 0 radical (unpaired) electrons. The molecule has 0 aromatic heterocycles. The fraction of sp³-hybridized carbons (Fsp3) is 0.462. The molecule has 6 nitrogen and oxygen atoms in total. The zero-order valence-corrected chi connectivity index (χ0v) is 10.6. The Balaban J connectivity index is 2.07. The molecule has 1 aliphatic heterocycles. The number of amides is 1. The number of nitrogens with zero attached hydrogens (tertiary/aromatic N) is 1. The molecule has 1 aliphatic rings. The maximum atomic E-state index is 10.8. The molecule has 1 fully saturated rings. The van der Waals surface area contributed by atoms with Gasteiger partial charge in [-0.3, -0.25) is 4.79 Å². The van der Waals surface area contributed by atoms with E-state index in [4.69, 9.17) is 5.73 Å².